The van der Waals surface area contributed by atoms with E-state index < -0.39 is 0 Å². The number of ketones is 1. The zero-order chi connectivity index (χ0) is 11.5. The van der Waals surface area contributed by atoms with Gasteiger partial charge in [0.15, 0.2) is 11.5 Å². The van der Waals surface area contributed by atoms with Gasteiger partial charge in [-0.2, -0.15) is 0 Å². The van der Waals surface area contributed by atoms with Gasteiger partial charge in [-0.05, 0) is 38.8 Å². The van der Waals surface area contributed by atoms with Crippen molar-refractivity contribution in [1.82, 2.24) is 5.32 Å². The molecule has 16 heavy (non-hydrogen) atoms. The first-order valence-corrected chi connectivity index (χ1v) is 6.01. The van der Waals surface area contributed by atoms with Crippen LogP contribution in [0.4, 0.5) is 0 Å². The lowest BCUT2D eigenvalue weighted by molar-refractivity contribution is 0.0931. The molecule has 1 aromatic heterocycles. The molecule has 0 radical (unpaired) electrons. The number of carbonyl (C=O) groups excluding carboxylic acids is 1. The Morgan fingerprint density at radius 2 is 2.31 bits per heavy atom. The minimum atomic E-state index is 0.111. The Balaban J connectivity index is 1.92. The predicted molar refractivity (Wildman–Crippen MR) is 62.6 cm³/mol. The van der Waals surface area contributed by atoms with Crippen molar-refractivity contribution in [2.24, 2.45) is 0 Å². The van der Waals surface area contributed by atoms with Gasteiger partial charge >= 0.3 is 0 Å². The van der Waals surface area contributed by atoms with Crippen LogP contribution in [0, 0.1) is 6.92 Å². The molecular weight excluding hydrogens is 202 g/mol. The van der Waals surface area contributed by atoms with Crippen molar-refractivity contribution >= 4 is 5.78 Å². The lowest BCUT2D eigenvalue weighted by Crippen LogP contribution is -2.41. The molecule has 2 rings (SSSR count). The molecule has 0 amide bonds. The van der Waals surface area contributed by atoms with Gasteiger partial charge in [-0.15, -0.1) is 0 Å². The van der Waals surface area contributed by atoms with Crippen molar-refractivity contribution < 1.29 is 9.21 Å². The topological polar surface area (TPSA) is 42.2 Å². The quantitative estimate of drug-likeness (QED) is 0.798. The van der Waals surface area contributed by atoms with Gasteiger partial charge in [-0.1, -0.05) is 6.42 Å². The Hall–Kier alpha value is -1.09. The largest absolute Gasteiger partial charge is 0.458 e. The van der Waals surface area contributed by atoms with Crippen molar-refractivity contribution in [3.05, 3.63) is 23.7 Å². The van der Waals surface area contributed by atoms with Gasteiger partial charge in [0, 0.05) is 18.5 Å². The van der Waals surface area contributed by atoms with E-state index in [0.29, 0.717) is 24.3 Å². The van der Waals surface area contributed by atoms with E-state index in [1.54, 1.807) is 6.07 Å². The Morgan fingerprint density at radius 3 is 2.94 bits per heavy atom. The van der Waals surface area contributed by atoms with Crippen LogP contribution in [0.15, 0.2) is 16.5 Å². The van der Waals surface area contributed by atoms with Gasteiger partial charge in [-0.25, -0.2) is 0 Å². The van der Waals surface area contributed by atoms with Crippen molar-refractivity contribution in [2.75, 3.05) is 0 Å². The Bertz CT molecular complexity index is 370. The number of Topliss-reactive ketones (excluding diaryl/α,β-unsaturated/α-hetero) is 1. The molecule has 1 N–H and O–H groups in total. The molecule has 2 atom stereocenters. The third-order valence-electron chi connectivity index (χ3n) is 3.16. The van der Waals surface area contributed by atoms with Crippen LogP contribution in [0.3, 0.4) is 0 Å². The number of nitrogens with one attached hydrogen (secondary N) is 1. The summed E-state index contributed by atoms with van der Waals surface area (Å²) in [5, 5.41) is 3.46. The average molecular weight is 221 g/mol. The maximum Gasteiger partial charge on any atom is 0.199 e. The van der Waals surface area contributed by atoms with Gasteiger partial charge in [0.2, 0.25) is 0 Å². The van der Waals surface area contributed by atoms with Crippen LogP contribution >= 0.6 is 0 Å². The van der Waals surface area contributed by atoms with E-state index in [4.69, 9.17) is 4.42 Å². The smallest absolute Gasteiger partial charge is 0.199 e. The lowest BCUT2D eigenvalue weighted by Gasteiger charge is -2.28. The number of rotatable bonds is 3. The fourth-order valence-electron chi connectivity index (χ4n) is 2.31. The van der Waals surface area contributed by atoms with Gasteiger partial charge < -0.3 is 9.73 Å². The molecule has 88 valence electrons. The van der Waals surface area contributed by atoms with Crippen molar-refractivity contribution in [3.8, 4) is 0 Å². The second kappa shape index (κ2) is 4.83. The molecule has 1 aliphatic heterocycles. The molecule has 3 nitrogen and oxygen atoms in total. The summed E-state index contributed by atoms with van der Waals surface area (Å²) in [5.41, 5.74) is 0. The highest BCUT2D eigenvalue weighted by molar-refractivity contribution is 5.93. The van der Waals surface area contributed by atoms with Crippen LogP contribution in [0.25, 0.3) is 0 Å². The van der Waals surface area contributed by atoms with Crippen molar-refractivity contribution in [2.45, 2.75) is 51.6 Å². The predicted octanol–water partition coefficient (Wildman–Crippen LogP) is 2.69. The highest BCUT2D eigenvalue weighted by Crippen LogP contribution is 2.17. The Kier molecular flexibility index (Phi) is 3.44. The van der Waals surface area contributed by atoms with Crippen LogP contribution in [-0.4, -0.2) is 17.9 Å². The van der Waals surface area contributed by atoms with E-state index in [1.807, 2.05) is 13.0 Å². The zero-order valence-corrected chi connectivity index (χ0v) is 9.95. The van der Waals surface area contributed by atoms with Gasteiger partial charge in [0.25, 0.3) is 0 Å². The van der Waals surface area contributed by atoms with Gasteiger partial charge in [0.1, 0.15) is 5.76 Å². The summed E-state index contributed by atoms with van der Waals surface area (Å²) in [6.07, 6.45) is 4.07. The molecule has 1 aromatic rings. The standard InChI is InChI=1S/C13H19NO2/c1-9-4-3-5-11(14-9)8-12(15)13-7-6-10(2)16-13/h6-7,9,11,14H,3-5,8H2,1-2H3. The first kappa shape index (κ1) is 11.4. The number of aryl methyl sites for hydroxylation is 1. The number of furan rings is 1. The Morgan fingerprint density at radius 1 is 1.50 bits per heavy atom. The molecule has 2 unspecified atom stereocenters. The molecule has 0 bridgehead atoms. The second-order valence-electron chi connectivity index (χ2n) is 4.73. The average Bonchev–Trinajstić information content (AvgIpc) is 2.65. The van der Waals surface area contributed by atoms with Crippen molar-refractivity contribution in [1.29, 1.82) is 0 Å². The van der Waals surface area contributed by atoms with Crippen LogP contribution in [0.2, 0.25) is 0 Å². The molecular formula is C13H19NO2. The monoisotopic (exact) mass is 221 g/mol. The van der Waals surface area contributed by atoms with E-state index in [2.05, 4.69) is 12.2 Å². The molecule has 1 fully saturated rings. The van der Waals surface area contributed by atoms with Gasteiger partial charge in [-0.3, -0.25) is 4.79 Å². The SMILES string of the molecule is Cc1ccc(C(=O)CC2CCCC(C)N2)o1. The minimum absolute atomic E-state index is 0.111. The maximum atomic E-state index is 11.9. The first-order valence-electron chi connectivity index (χ1n) is 6.01. The summed E-state index contributed by atoms with van der Waals surface area (Å²) in [7, 11) is 0. The molecule has 0 saturated carbocycles. The summed E-state index contributed by atoms with van der Waals surface area (Å²) >= 11 is 0. The summed E-state index contributed by atoms with van der Waals surface area (Å²) in [4.78, 5) is 11.9. The van der Waals surface area contributed by atoms with Crippen LogP contribution < -0.4 is 5.32 Å². The van der Waals surface area contributed by atoms with E-state index >= 15 is 0 Å². The van der Waals surface area contributed by atoms with E-state index in [-0.39, 0.29) is 5.78 Å². The van der Waals surface area contributed by atoms with Crippen LogP contribution in [0.1, 0.15) is 48.9 Å². The van der Waals surface area contributed by atoms with E-state index in [0.717, 1.165) is 12.2 Å². The molecule has 1 aliphatic rings. The highest BCUT2D eigenvalue weighted by atomic mass is 16.3. The molecule has 0 spiro atoms. The van der Waals surface area contributed by atoms with Crippen LogP contribution in [-0.2, 0) is 0 Å². The van der Waals surface area contributed by atoms with Gasteiger partial charge in [0.05, 0.1) is 0 Å². The first-order chi connectivity index (χ1) is 7.65. The summed E-state index contributed by atoms with van der Waals surface area (Å²) < 4.78 is 5.34. The molecule has 1 saturated heterocycles. The molecule has 3 heteroatoms. The third-order valence-corrected chi connectivity index (χ3v) is 3.16. The number of carbonyl (C=O) groups is 1. The highest BCUT2D eigenvalue weighted by Gasteiger charge is 2.22. The second-order valence-corrected chi connectivity index (χ2v) is 4.73. The summed E-state index contributed by atoms with van der Waals surface area (Å²) in [5.74, 6) is 1.41. The van der Waals surface area contributed by atoms with Crippen LogP contribution in [0.5, 0.6) is 0 Å². The number of piperidine rings is 1. The minimum Gasteiger partial charge on any atom is -0.458 e. The number of hydrogen-bond acceptors (Lipinski definition) is 3. The lowest BCUT2D eigenvalue weighted by atomic mass is 9.95. The summed E-state index contributed by atoms with van der Waals surface area (Å²) in [6, 6.07) is 4.46. The maximum absolute atomic E-state index is 11.9. The third kappa shape index (κ3) is 2.73. The van der Waals surface area contributed by atoms with E-state index in [1.165, 1.54) is 12.8 Å². The molecule has 0 aliphatic carbocycles. The Labute approximate surface area is 96.2 Å². The van der Waals surface area contributed by atoms with E-state index in [9.17, 15) is 4.79 Å². The fraction of sp³-hybridized carbons (Fsp3) is 0.615. The molecule has 0 aromatic carbocycles. The molecule has 2 heterocycles. The normalized spacial score (nSPS) is 25.6. The fourth-order valence-corrected chi connectivity index (χ4v) is 2.31. The zero-order valence-electron chi connectivity index (χ0n) is 9.95. The summed E-state index contributed by atoms with van der Waals surface area (Å²) in [6.45, 7) is 4.03. The van der Waals surface area contributed by atoms with Crippen molar-refractivity contribution in [3.63, 3.8) is 0 Å². The number of hydrogen-bond donors (Lipinski definition) is 1.